The molecule has 0 amide bonds. The normalized spacial score (nSPS) is 40.3. The Balaban J connectivity index is 2.16. The summed E-state index contributed by atoms with van der Waals surface area (Å²) in [7, 11) is 0. The average Bonchev–Trinajstić information content (AvgIpc) is 1.65. The summed E-state index contributed by atoms with van der Waals surface area (Å²) in [5.41, 5.74) is 0. The minimum Gasteiger partial charge on any atom is -0.377 e. The van der Waals surface area contributed by atoms with Gasteiger partial charge in [-0.1, -0.05) is 13.8 Å². The highest BCUT2D eigenvalue weighted by Gasteiger charge is 2.25. The first kappa shape index (κ1) is 5.10. The number of rotatable bonds is 1. The predicted molar refractivity (Wildman–Crippen MR) is 29.2 cm³/mol. The SMILES string of the molecule is CCC1OCC1C. The second-order valence-electron chi connectivity index (χ2n) is 2.26. The maximum absolute atomic E-state index is 5.19. The van der Waals surface area contributed by atoms with Gasteiger partial charge >= 0.3 is 0 Å². The molecule has 0 radical (unpaired) electrons. The largest absolute Gasteiger partial charge is 0.377 e. The third kappa shape index (κ3) is 0.778. The zero-order valence-electron chi connectivity index (χ0n) is 4.98. The van der Waals surface area contributed by atoms with Gasteiger partial charge in [-0.3, -0.25) is 0 Å². The topological polar surface area (TPSA) is 9.23 Å². The lowest BCUT2D eigenvalue weighted by atomic mass is 9.99. The van der Waals surface area contributed by atoms with E-state index in [4.69, 9.17) is 4.74 Å². The molecule has 0 bridgehead atoms. The molecular weight excluding hydrogens is 88.1 g/mol. The zero-order chi connectivity index (χ0) is 5.28. The van der Waals surface area contributed by atoms with Gasteiger partial charge in [-0.2, -0.15) is 0 Å². The second-order valence-corrected chi connectivity index (χ2v) is 2.26. The standard InChI is InChI=1S/C6H12O/c1-3-6-5(2)4-7-6/h5-6H,3-4H2,1-2H3. The zero-order valence-corrected chi connectivity index (χ0v) is 4.98. The summed E-state index contributed by atoms with van der Waals surface area (Å²) in [6, 6.07) is 0. The Kier molecular flexibility index (Phi) is 1.33. The molecule has 0 aromatic heterocycles. The molecule has 0 aliphatic carbocycles. The third-order valence-electron chi connectivity index (χ3n) is 1.61. The molecule has 1 heterocycles. The van der Waals surface area contributed by atoms with Gasteiger partial charge in [0.25, 0.3) is 0 Å². The fourth-order valence-electron chi connectivity index (χ4n) is 0.945. The fourth-order valence-corrected chi connectivity index (χ4v) is 0.945. The minimum absolute atomic E-state index is 0.583. The highest BCUT2D eigenvalue weighted by Crippen LogP contribution is 2.21. The van der Waals surface area contributed by atoms with Crippen molar-refractivity contribution in [3.8, 4) is 0 Å². The third-order valence-corrected chi connectivity index (χ3v) is 1.61. The van der Waals surface area contributed by atoms with Crippen LogP contribution in [0.2, 0.25) is 0 Å². The van der Waals surface area contributed by atoms with Gasteiger partial charge in [-0.25, -0.2) is 0 Å². The summed E-state index contributed by atoms with van der Waals surface area (Å²) in [5.74, 6) is 0.824. The Morgan fingerprint density at radius 2 is 2.43 bits per heavy atom. The quantitative estimate of drug-likeness (QED) is 0.484. The average molecular weight is 100 g/mol. The van der Waals surface area contributed by atoms with Crippen molar-refractivity contribution in [1.29, 1.82) is 0 Å². The van der Waals surface area contributed by atoms with E-state index in [2.05, 4.69) is 13.8 Å². The van der Waals surface area contributed by atoms with Crippen molar-refractivity contribution in [3.05, 3.63) is 0 Å². The summed E-state index contributed by atoms with van der Waals surface area (Å²) >= 11 is 0. The predicted octanol–water partition coefficient (Wildman–Crippen LogP) is 1.43. The van der Waals surface area contributed by atoms with Crippen LogP contribution in [0, 0.1) is 5.92 Å². The van der Waals surface area contributed by atoms with Crippen molar-refractivity contribution >= 4 is 0 Å². The number of ether oxygens (including phenoxy) is 1. The molecule has 1 saturated heterocycles. The van der Waals surface area contributed by atoms with Crippen LogP contribution in [0.15, 0.2) is 0 Å². The maximum Gasteiger partial charge on any atom is 0.0620 e. The van der Waals surface area contributed by atoms with Crippen molar-refractivity contribution in [3.63, 3.8) is 0 Å². The van der Waals surface area contributed by atoms with Gasteiger partial charge in [0, 0.05) is 5.92 Å². The van der Waals surface area contributed by atoms with Crippen LogP contribution in [0.25, 0.3) is 0 Å². The molecule has 1 aliphatic rings. The maximum atomic E-state index is 5.19. The van der Waals surface area contributed by atoms with E-state index in [-0.39, 0.29) is 0 Å². The van der Waals surface area contributed by atoms with Crippen molar-refractivity contribution in [2.24, 2.45) is 5.92 Å². The lowest BCUT2D eigenvalue weighted by molar-refractivity contribution is -0.107. The lowest BCUT2D eigenvalue weighted by Crippen LogP contribution is -2.36. The first-order valence-electron chi connectivity index (χ1n) is 2.96. The monoisotopic (exact) mass is 100 g/mol. The van der Waals surface area contributed by atoms with Crippen molar-refractivity contribution in [1.82, 2.24) is 0 Å². The van der Waals surface area contributed by atoms with Crippen LogP contribution in [-0.4, -0.2) is 12.7 Å². The Morgan fingerprint density at radius 3 is 2.43 bits per heavy atom. The summed E-state index contributed by atoms with van der Waals surface area (Å²) in [5, 5.41) is 0. The Morgan fingerprint density at radius 1 is 1.71 bits per heavy atom. The summed E-state index contributed by atoms with van der Waals surface area (Å²) < 4.78 is 5.19. The molecule has 1 rings (SSSR count). The molecule has 7 heavy (non-hydrogen) atoms. The summed E-state index contributed by atoms with van der Waals surface area (Å²) in [4.78, 5) is 0. The van der Waals surface area contributed by atoms with E-state index in [0.29, 0.717) is 6.10 Å². The van der Waals surface area contributed by atoms with Crippen LogP contribution in [0.1, 0.15) is 20.3 Å². The van der Waals surface area contributed by atoms with E-state index >= 15 is 0 Å². The first-order valence-corrected chi connectivity index (χ1v) is 2.96. The van der Waals surface area contributed by atoms with Gasteiger partial charge in [0.15, 0.2) is 0 Å². The molecule has 42 valence electrons. The van der Waals surface area contributed by atoms with Crippen LogP contribution in [0.5, 0.6) is 0 Å². The molecule has 0 N–H and O–H groups in total. The van der Waals surface area contributed by atoms with Gasteiger partial charge in [0.1, 0.15) is 0 Å². The van der Waals surface area contributed by atoms with E-state index in [0.717, 1.165) is 12.5 Å². The molecule has 1 heteroatoms. The molecule has 2 unspecified atom stereocenters. The van der Waals surface area contributed by atoms with Crippen LogP contribution < -0.4 is 0 Å². The van der Waals surface area contributed by atoms with E-state index in [9.17, 15) is 0 Å². The first-order chi connectivity index (χ1) is 3.34. The molecule has 2 atom stereocenters. The fraction of sp³-hybridized carbons (Fsp3) is 1.00. The highest BCUT2D eigenvalue weighted by molar-refractivity contribution is 4.72. The second kappa shape index (κ2) is 1.83. The molecule has 0 aromatic rings. The number of hydrogen-bond acceptors (Lipinski definition) is 1. The molecule has 0 saturated carbocycles. The van der Waals surface area contributed by atoms with E-state index < -0.39 is 0 Å². The van der Waals surface area contributed by atoms with E-state index in [1.807, 2.05) is 0 Å². The molecule has 1 nitrogen and oxygen atoms in total. The lowest BCUT2D eigenvalue weighted by Gasteiger charge is -2.33. The Bertz CT molecular complexity index is 59.2. The van der Waals surface area contributed by atoms with Crippen molar-refractivity contribution < 1.29 is 4.74 Å². The molecule has 0 aromatic carbocycles. The minimum atomic E-state index is 0.583. The van der Waals surface area contributed by atoms with Gasteiger partial charge < -0.3 is 4.74 Å². The van der Waals surface area contributed by atoms with E-state index in [1.54, 1.807) is 0 Å². The van der Waals surface area contributed by atoms with Gasteiger partial charge in [0.05, 0.1) is 12.7 Å². The van der Waals surface area contributed by atoms with E-state index in [1.165, 1.54) is 6.42 Å². The van der Waals surface area contributed by atoms with Crippen molar-refractivity contribution in [2.75, 3.05) is 6.61 Å². The highest BCUT2D eigenvalue weighted by atomic mass is 16.5. The Labute approximate surface area is 44.7 Å². The Hall–Kier alpha value is -0.0400. The van der Waals surface area contributed by atoms with Crippen molar-refractivity contribution in [2.45, 2.75) is 26.4 Å². The molecule has 1 aliphatic heterocycles. The smallest absolute Gasteiger partial charge is 0.0620 e. The van der Waals surface area contributed by atoms with Gasteiger partial charge in [-0.05, 0) is 6.42 Å². The van der Waals surface area contributed by atoms with Gasteiger partial charge in [0.2, 0.25) is 0 Å². The van der Waals surface area contributed by atoms with Crippen LogP contribution in [0.3, 0.4) is 0 Å². The van der Waals surface area contributed by atoms with Crippen LogP contribution in [-0.2, 0) is 4.74 Å². The van der Waals surface area contributed by atoms with Gasteiger partial charge in [-0.15, -0.1) is 0 Å². The molecule has 1 fully saturated rings. The van der Waals surface area contributed by atoms with Crippen LogP contribution >= 0.6 is 0 Å². The number of hydrogen-bond donors (Lipinski definition) is 0. The molecule has 0 spiro atoms. The summed E-state index contributed by atoms with van der Waals surface area (Å²) in [6.07, 6.45) is 1.77. The van der Waals surface area contributed by atoms with Crippen LogP contribution in [0.4, 0.5) is 0 Å². The summed E-state index contributed by atoms with van der Waals surface area (Å²) in [6.45, 7) is 5.39. The molecular formula is C6H12O.